The van der Waals surface area contributed by atoms with Crippen LogP contribution in [0.25, 0.3) is 0 Å². The van der Waals surface area contributed by atoms with Crippen LogP contribution in [0, 0.1) is 0 Å². The summed E-state index contributed by atoms with van der Waals surface area (Å²) in [4.78, 5) is 0. The molecule has 0 radical (unpaired) electrons. The van der Waals surface area contributed by atoms with E-state index in [4.69, 9.17) is 19.3 Å². The highest BCUT2D eigenvalue weighted by Crippen LogP contribution is 2.29. The van der Waals surface area contributed by atoms with Gasteiger partial charge in [-0.05, 0) is 0 Å². The standard InChI is InChI=1S/C12H20O11/c13-1-3-5(15)6(16)9(19)12(22-3)23-10-4(2-14)21-11(20)8(18)7(10)17/h4,6-20H,1-2H2/t4-,6+,7-,8?,9-,10-,11?,12+/m1/s1. The Morgan fingerprint density at radius 2 is 1.61 bits per heavy atom. The Morgan fingerprint density at radius 1 is 0.957 bits per heavy atom. The van der Waals surface area contributed by atoms with Crippen molar-refractivity contribution in [2.45, 2.75) is 49.2 Å². The summed E-state index contributed by atoms with van der Waals surface area (Å²) < 4.78 is 15.1. The third-order valence-electron chi connectivity index (χ3n) is 3.70. The molecule has 0 aliphatic carbocycles. The topological polar surface area (TPSA) is 190 Å². The summed E-state index contributed by atoms with van der Waals surface area (Å²) in [5.41, 5.74) is 0. The Hall–Kier alpha value is -1.02. The van der Waals surface area contributed by atoms with E-state index in [2.05, 4.69) is 0 Å². The van der Waals surface area contributed by atoms with Crippen molar-refractivity contribution in [1.82, 2.24) is 0 Å². The number of hydrogen-bond donors (Lipinski definition) is 8. The van der Waals surface area contributed by atoms with E-state index in [0.717, 1.165) is 0 Å². The molecule has 1 fully saturated rings. The Labute approximate surface area is 130 Å². The molecule has 2 aliphatic rings. The zero-order valence-electron chi connectivity index (χ0n) is 11.8. The van der Waals surface area contributed by atoms with Crippen LogP contribution >= 0.6 is 0 Å². The molecule has 23 heavy (non-hydrogen) atoms. The maximum Gasteiger partial charge on any atom is 0.229 e. The normalized spacial score (nSPS) is 45.0. The summed E-state index contributed by atoms with van der Waals surface area (Å²) >= 11 is 0. The van der Waals surface area contributed by atoms with Crippen LogP contribution in [0.5, 0.6) is 0 Å². The minimum Gasteiger partial charge on any atom is -0.506 e. The minimum atomic E-state index is -1.80. The average molecular weight is 340 g/mol. The van der Waals surface area contributed by atoms with Gasteiger partial charge in [0.05, 0.1) is 6.61 Å². The Kier molecular flexibility index (Phi) is 5.78. The molecular formula is C12H20O11. The van der Waals surface area contributed by atoms with Crippen LogP contribution in [-0.4, -0.2) is 103 Å². The summed E-state index contributed by atoms with van der Waals surface area (Å²) in [7, 11) is 0. The van der Waals surface area contributed by atoms with E-state index in [1.807, 2.05) is 0 Å². The third kappa shape index (κ3) is 3.42. The van der Waals surface area contributed by atoms with Crippen molar-refractivity contribution < 1.29 is 55.1 Å². The molecule has 11 heteroatoms. The van der Waals surface area contributed by atoms with E-state index >= 15 is 0 Å². The zero-order chi connectivity index (χ0) is 17.3. The fourth-order valence-electron chi connectivity index (χ4n) is 2.36. The van der Waals surface area contributed by atoms with E-state index < -0.39 is 73.9 Å². The minimum absolute atomic E-state index is 0.444. The highest BCUT2D eigenvalue weighted by atomic mass is 16.7. The van der Waals surface area contributed by atoms with Gasteiger partial charge >= 0.3 is 0 Å². The molecule has 134 valence electrons. The quantitative estimate of drug-likeness (QED) is 0.247. The predicted molar refractivity (Wildman–Crippen MR) is 68.5 cm³/mol. The van der Waals surface area contributed by atoms with E-state index in [1.54, 1.807) is 0 Å². The first kappa shape index (κ1) is 18.3. The van der Waals surface area contributed by atoms with Crippen molar-refractivity contribution in [1.29, 1.82) is 0 Å². The highest BCUT2D eigenvalue weighted by Gasteiger charge is 2.48. The summed E-state index contributed by atoms with van der Waals surface area (Å²) in [6.07, 6.45) is -13.1. The maximum atomic E-state index is 9.93. The van der Waals surface area contributed by atoms with Crippen molar-refractivity contribution in [2.24, 2.45) is 0 Å². The van der Waals surface area contributed by atoms with Gasteiger partial charge in [-0.3, -0.25) is 0 Å². The van der Waals surface area contributed by atoms with E-state index in [0.29, 0.717) is 0 Å². The van der Waals surface area contributed by atoms with E-state index in [-0.39, 0.29) is 0 Å². The fourth-order valence-corrected chi connectivity index (χ4v) is 2.36. The molecule has 0 saturated carbocycles. The van der Waals surface area contributed by atoms with Crippen LogP contribution in [-0.2, 0) is 14.2 Å². The van der Waals surface area contributed by atoms with Gasteiger partial charge in [-0.15, -0.1) is 0 Å². The van der Waals surface area contributed by atoms with Gasteiger partial charge in [-0.25, -0.2) is 0 Å². The number of hydrogen-bond acceptors (Lipinski definition) is 11. The van der Waals surface area contributed by atoms with Gasteiger partial charge in [0.2, 0.25) is 6.29 Å². The lowest BCUT2D eigenvalue weighted by Crippen LogP contribution is -2.61. The maximum absolute atomic E-state index is 9.93. The summed E-state index contributed by atoms with van der Waals surface area (Å²) in [6.45, 7) is -1.48. The second-order valence-corrected chi connectivity index (χ2v) is 5.22. The lowest BCUT2D eigenvalue weighted by Gasteiger charge is -2.43. The molecule has 1 saturated heterocycles. The summed E-state index contributed by atoms with van der Waals surface area (Å²) in [5, 5.41) is 76.2. The van der Waals surface area contributed by atoms with Gasteiger partial charge in [-0.2, -0.15) is 0 Å². The lowest BCUT2D eigenvalue weighted by molar-refractivity contribution is -0.328. The Bertz CT molecular complexity index is 439. The van der Waals surface area contributed by atoms with Crippen molar-refractivity contribution >= 4 is 0 Å². The second kappa shape index (κ2) is 7.25. The van der Waals surface area contributed by atoms with Crippen LogP contribution in [0.4, 0.5) is 0 Å². The van der Waals surface area contributed by atoms with Crippen molar-refractivity contribution in [3.05, 3.63) is 11.5 Å². The van der Waals surface area contributed by atoms with Gasteiger partial charge in [0.1, 0.15) is 43.2 Å². The highest BCUT2D eigenvalue weighted by molar-refractivity contribution is 5.12. The molecule has 0 bridgehead atoms. The van der Waals surface area contributed by atoms with Crippen LogP contribution in [0.3, 0.4) is 0 Å². The molecule has 0 aromatic carbocycles. The molecule has 0 aromatic heterocycles. The molecule has 2 aliphatic heterocycles. The number of aliphatic hydroxyl groups excluding tert-OH is 8. The van der Waals surface area contributed by atoms with Gasteiger partial charge in [0.15, 0.2) is 17.8 Å². The molecule has 8 atom stereocenters. The summed E-state index contributed by atoms with van der Waals surface area (Å²) in [5.74, 6) is -1.21. The Morgan fingerprint density at radius 3 is 2.17 bits per heavy atom. The second-order valence-electron chi connectivity index (χ2n) is 5.22. The van der Waals surface area contributed by atoms with Gasteiger partial charge in [0, 0.05) is 0 Å². The molecule has 8 N–H and O–H groups in total. The van der Waals surface area contributed by atoms with Gasteiger partial charge in [0.25, 0.3) is 0 Å². The van der Waals surface area contributed by atoms with Crippen LogP contribution in [0.15, 0.2) is 11.5 Å². The first-order chi connectivity index (χ1) is 10.8. The SMILES string of the molecule is OCC1=C(O)[C@H](O)[C@@H](O)[C@H](O[C@H]2[C@H](O)C(O)C(O)O[C@@H]2CO)O1. The number of ether oxygens (including phenoxy) is 3. The monoisotopic (exact) mass is 340 g/mol. The number of aliphatic hydroxyl groups is 8. The van der Waals surface area contributed by atoms with Gasteiger partial charge < -0.3 is 55.1 Å². The molecule has 0 spiro atoms. The first-order valence-electron chi connectivity index (χ1n) is 6.83. The first-order valence-corrected chi connectivity index (χ1v) is 6.83. The van der Waals surface area contributed by atoms with Crippen molar-refractivity contribution in [2.75, 3.05) is 13.2 Å². The lowest BCUT2D eigenvalue weighted by atomic mass is 9.98. The fraction of sp³-hybridized carbons (Fsp3) is 0.833. The molecule has 2 heterocycles. The Balaban J connectivity index is 2.16. The van der Waals surface area contributed by atoms with Crippen LogP contribution < -0.4 is 0 Å². The predicted octanol–water partition coefficient (Wildman–Crippen LogP) is -4.36. The molecule has 11 nitrogen and oxygen atoms in total. The zero-order valence-corrected chi connectivity index (χ0v) is 11.8. The molecule has 0 aromatic rings. The molecular weight excluding hydrogens is 320 g/mol. The summed E-state index contributed by atoms with van der Waals surface area (Å²) in [6, 6.07) is 0. The molecule has 0 amide bonds. The largest absolute Gasteiger partial charge is 0.506 e. The van der Waals surface area contributed by atoms with Crippen molar-refractivity contribution in [3.63, 3.8) is 0 Å². The molecule has 2 rings (SSSR count). The van der Waals surface area contributed by atoms with Crippen LogP contribution in [0.2, 0.25) is 0 Å². The van der Waals surface area contributed by atoms with Crippen molar-refractivity contribution in [3.8, 4) is 0 Å². The molecule has 2 unspecified atom stereocenters. The van der Waals surface area contributed by atoms with E-state index in [1.165, 1.54) is 0 Å². The van der Waals surface area contributed by atoms with Gasteiger partial charge in [-0.1, -0.05) is 0 Å². The van der Waals surface area contributed by atoms with E-state index in [9.17, 15) is 35.7 Å². The third-order valence-corrected chi connectivity index (χ3v) is 3.70. The average Bonchev–Trinajstić information content (AvgIpc) is 2.55. The van der Waals surface area contributed by atoms with Crippen LogP contribution in [0.1, 0.15) is 0 Å². The smallest absolute Gasteiger partial charge is 0.229 e. The number of rotatable bonds is 4.